The average molecular weight is 388 g/mol. The van der Waals surface area contributed by atoms with E-state index in [0.717, 1.165) is 23.4 Å². The monoisotopic (exact) mass is 388 g/mol. The fraction of sp³-hybridized carbons (Fsp3) is 0.200. The zero-order chi connectivity index (χ0) is 20.3. The Labute approximate surface area is 160 Å². The number of methoxy groups -OCH3 is 1. The van der Waals surface area contributed by atoms with Gasteiger partial charge in [0.1, 0.15) is 24.0 Å². The molecule has 146 valence electrons. The summed E-state index contributed by atoms with van der Waals surface area (Å²) >= 11 is 0. The Bertz CT molecular complexity index is 998. The minimum atomic E-state index is -0.861. The van der Waals surface area contributed by atoms with Crippen LogP contribution in [0, 0.1) is 25.5 Å². The third kappa shape index (κ3) is 4.11. The molecule has 0 unspecified atom stereocenters. The van der Waals surface area contributed by atoms with Gasteiger partial charge in [0.2, 0.25) is 0 Å². The molecular weight excluding hydrogens is 370 g/mol. The van der Waals surface area contributed by atoms with Gasteiger partial charge < -0.3 is 19.3 Å². The molecule has 0 aliphatic heterocycles. The van der Waals surface area contributed by atoms with Gasteiger partial charge in [0.05, 0.1) is 24.1 Å². The standard InChI is InChI=1S/C20H18F2N2O4/c1-11-15(12(2)28-24-11)10-27-18-7-4-13(8-19(18)26-3)20(25)23-17-6-5-14(21)9-16(17)22/h4-9H,10H2,1-3H3,(H,23,25). The minimum absolute atomic E-state index is 0.121. The van der Waals surface area contributed by atoms with Gasteiger partial charge >= 0.3 is 0 Å². The van der Waals surface area contributed by atoms with Crippen molar-refractivity contribution in [3.63, 3.8) is 0 Å². The summed E-state index contributed by atoms with van der Waals surface area (Å²) in [6.45, 7) is 3.83. The Morgan fingerprint density at radius 3 is 2.57 bits per heavy atom. The lowest BCUT2D eigenvalue weighted by Crippen LogP contribution is -2.13. The normalized spacial score (nSPS) is 10.6. The number of benzene rings is 2. The van der Waals surface area contributed by atoms with Crippen LogP contribution in [0.3, 0.4) is 0 Å². The molecule has 8 heteroatoms. The van der Waals surface area contributed by atoms with E-state index in [1.165, 1.54) is 19.2 Å². The Hall–Kier alpha value is -3.42. The number of aromatic nitrogens is 1. The van der Waals surface area contributed by atoms with Crippen molar-refractivity contribution in [1.29, 1.82) is 0 Å². The summed E-state index contributed by atoms with van der Waals surface area (Å²) in [5.41, 5.74) is 1.67. The van der Waals surface area contributed by atoms with Crippen molar-refractivity contribution in [2.75, 3.05) is 12.4 Å². The van der Waals surface area contributed by atoms with Crippen LogP contribution in [0.5, 0.6) is 11.5 Å². The Morgan fingerprint density at radius 1 is 1.14 bits per heavy atom. The highest BCUT2D eigenvalue weighted by Crippen LogP contribution is 2.30. The lowest BCUT2D eigenvalue weighted by molar-refractivity contribution is 0.102. The van der Waals surface area contributed by atoms with Gasteiger partial charge in [0.15, 0.2) is 11.5 Å². The number of hydrogen-bond donors (Lipinski definition) is 1. The molecule has 6 nitrogen and oxygen atoms in total. The number of hydrogen-bond acceptors (Lipinski definition) is 5. The number of nitrogens with zero attached hydrogens (tertiary/aromatic N) is 1. The molecule has 1 aromatic heterocycles. The van der Waals surface area contributed by atoms with Gasteiger partial charge in [0, 0.05) is 11.6 Å². The number of halogens is 2. The van der Waals surface area contributed by atoms with E-state index < -0.39 is 17.5 Å². The van der Waals surface area contributed by atoms with Crippen molar-refractivity contribution in [3.05, 3.63) is 70.6 Å². The minimum Gasteiger partial charge on any atom is -0.493 e. The predicted molar refractivity (Wildman–Crippen MR) is 97.6 cm³/mol. The van der Waals surface area contributed by atoms with Gasteiger partial charge in [-0.25, -0.2) is 8.78 Å². The molecule has 0 fully saturated rings. The Kier molecular flexibility index (Phi) is 5.58. The molecule has 2 aromatic carbocycles. The van der Waals surface area contributed by atoms with Crippen molar-refractivity contribution in [1.82, 2.24) is 5.16 Å². The van der Waals surface area contributed by atoms with E-state index in [-0.39, 0.29) is 17.9 Å². The zero-order valence-corrected chi connectivity index (χ0v) is 15.5. The molecule has 0 aliphatic carbocycles. The van der Waals surface area contributed by atoms with Gasteiger partial charge in [-0.15, -0.1) is 0 Å². The Morgan fingerprint density at radius 2 is 1.93 bits per heavy atom. The highest BCUT2D eigenvalue weighted by molar-refractivity contribution is 6.04. The number of carbonyl (C=O) groups is 1. The molecule has 1 heterocycles. The van der Waals surface area contributed by atoms with Gasteiger partial charge in [-0.2, -0.15) is 0 Å². The summed E-state index contributed by atoms with van der Waals surface area (Å²) in [4.78, 5) is 12.4. The third-order valence-electron chi connectivity index (χ3n) is 4.16. The van der Waals surface area contributed by atoms with E-state index in [1.54, 1.807) is 13.0 Å². The van der Waals surface area contributed by atoms with Crippen molar-refractivity contribution < 1.29 is 27.6 Å². The quantitative estimate of drug-likeness (QED) is 0.677. The van der Waals surface area contributed by atoms with Crippen molar-refractivity contribution in [3.8, 4) is 11.5 Å². The first-order chi connectivity index (χ1) is 13.4. The van der Waals surface area contributed by atoms with E-state index >= 15 is 0 Å². The van der Waals surface area contributed by atoms with Crippen molar-refractivity contribution in [2.45, 2.75) is 20.5 Å². The maximum absolute atomic E-state index is 13.7. The molecule has 1 N–H and O–H groups in total. The van der Waals surface area contributed by atoms with Crippen LogP contribution in [0.15, 0.2) is 40.9 Å². The van der Waals surface area contributed by atoms with Crippen LogP contribution >= 0.6 is 0 Å². The molecule has 1 amide bonds. The molecule has 0 bridgehead atoms. The second-order valence-corrected chi connectivity index (χ2v) is 6.04. The maximum atomic E-state index is 13.7. The number of anilines is 1. The molecule has 0 saturated carbocycles. The molecular formula is C20H18F2N2O4. The average Bonchev–Trinajstić information content (AvgIpc) is 3.00. The predicted octanol–water partition coefficient (Wildman–Crippen LogP) is 4.41. The van der Waals surface area contributed by atoms with Gasteiger partial charge in [-0.1, -0.05) is 5.16 Å². The molecule has 3 aromatic rings. The van der Waals surface area contributed by atoms with E-state index in [9.17, 15) is 13.6 Å². The lowest BCUT2D eigenvalue weighted by atomic mass is 10.1. The number of ether oxygens (including phenoxy) is 2. The lowest BCUT2D eigenvalue weighted by Gasteiger charge is -2.12. The molecule has 3 rings (SSSR count). The van der Waals surface area contributed by atoms with Crippen LogP contribution < -0.4 is 14.8 Å². The molecule has 28 heavy (non-hydrogen) atoms. The summed E-state index contributed by atoms with van der Waals surface area (Å²) in [6, 6.07) is 7.47. The van der Waals surface area contributed by atoms with Crippen LogP contribution in [0.25, 0.3) is 0 Å². The summed E-state index contributed by atoms with van der Waals surface area (Å²) < 4.78 is 42.9. The van der Waals surface area contributed by atoms with Gasteiger partial charge in [-0.05, 0) is 44.2 Å². The fourth-order valence-electron chi connectivity index (χ4n) is 2.57. The first kappa shape index (κ1) is 19.3. The molecule has 0 aliphatic rings. The smallest absolute Gasteiger partial charge is 0.255 e. The number of amides is 1. The number of carbonyl (C=O) groups excluding carboxylic acids is 1. The van der Waals surface area contributed by atoms with Gasteiger partial charge in [-0.3, -0.25) is 4.79 Å². The highest BCUT2D eigenvalue weighted by atomic mass is 19.1. The van der Waals surface area contributed by atoms with Crippen LogP contribution in [-0.2, 0) is 6.61 Å². The highest BCUT2D eigenvalue weighted by Gasteiger charge is 2.15. The fourth-order valence-corrected chi connectivity index (χ4v) is 2.57. The van der Waals surface area contributed by atoms with E-state index in [0.29, 0.717) is 23.3 Å². The summed E-state index contributed by atoms with van der Waals surface area (Å²) in [6.07, 6.45) is 0. The Balaban J connectivity index is 1.75. The first-order valence-corrected chi connectivity index (χ1v) is 8.38. The van der Waals surface area contributed by atoms with E-state index in [4.69, 9.17) is 14.0 Å². The SMILES string of the molecule is COc1cc(C(=O)Nc2ccc(F)cc2F)ccc1OCc1c(C)noc1C. The summed E-state index contributed by atoms with van der Waals surface area (Å²) in [5.74, 6) is -0.738. The number of aryl methyl sites for hydroxylation is 2. The molecule has 0 radical (unpaired) electrons. The molecule has 0 spiro atoms. The summed E-state index contributed by atoms with van der Waals surface area (Å²) in [5, 5.41) is 6.26. The third-order valence-corrected chi connectivity index (χ3v) is 4.16. The van der Waals surface area contributed by atoms with Gasteiger partial charge in [0.25, 0.3) is 5.91 Å². The van der Waals surface area contributed by atoms with Crippen LogP contribution in [0.2, 0.25) is 0 Å². The molecule has 0 atom stereocenters. The second kappa shape index (κ2) is 8.08. The van der Waals surface area contributed by atoms with Crippen molar-refractivity contribution >= 4 is 11.6 Å². The number of nitrogens with one attached hydrogen (secondary N) is 1. The summed E-state index contributed by atoms with van der Waals surface area (Å²) in [7, 11) is 1.44. The molecule has 0 saturated heterocycles. The second-order valence-electron chi connectivity index (χ2n) is 6.04. The van der Waals surface area contributed by atoms with Crippen LogP contribution in [0.4, 0.5) is 14.5 Å². The number of rotatable bonds is 6. The largest absolute Gasteiger partial charge is 0.493 e. The van der Waals surface area contributed by atoms with Crippen molar-refractivity contribution in [2.24, 2.45) is 0 Å². The van der Waals surface area contributed by atoms with Crippen LogP contribution in [-0.4, -0.2) is 18.2 Å². The first-order valence-electron chi connectivity index (χ1n) is 8.38. The van der Waals surface area contributed by atoms with Crippen LogP contribution in [0.1, 0.15) is 27.4 Å². The zero-order valence-electron chi connectivity index (χ0n) is 15.5. The van der Waals surface area contributed by atoms with E-state index in [2.05, 4.69) is 10.5 Å². The maximum Gasteiger partial charge on any atom is 0.255 e. The topological polar surface area (TPSA) is 73.6 Å². The van der Waals surface area contributed by atoms with E-state index in [1.807, 2.05) is 6.92 Å².